The standard InChI is InChI=1S/C18H20O5/c1-20-12-6-11(7-13(8-12)21-2)17-5-4-15-16(19)9-14(22-3)10-18(15)23-17/h6-10,17,19H,4-5H2,1-3H3/t17-/m0/s1. The molecule has 0 bridgehead atoms. The maximum atomic E-state index is 10.1. The molecule has 5 nitrogen and oxygen atoms in total. The van der Waals surface area contributed by atoms with Gasteiger partial charge in [0.2, 0.25) is 0 Å². The lowest BCUT2D eigenvalue weighted by Crippen LogP contribution is -2.15. The number of hydrogen-bond acceptors (Lipinski definition) is 5. The predicted octanol–water partition coefficient (Wildman–Crippen LogP) is 3.48. The van der Waals surface area contributed by atoms with Gasteiger partial charge in [-0.3, -0.25) is 0 Å². The van der Waals surface area contributed by atoms with Gasteiger partial charge in [-0.05, 0) is 30.5 Å². The smallest absolute Gasteiger partial charge is 0.130 e. The monoisotopic (exact) mass is 316 g/mol. The summed E-state index contributed by atoms with van der Waals surface area (Å²) < 4.78 is 21.9. The third-order valence-electron chi connectivity index (χ3n) is 4.07. The Balaban J connectivity index is 1.94. The number of rotatable bonds is 4. The number of ether oxygens (including phenoxy) is 4. The van der Waals surface area contributed by atoms with Crippen molar-refractivity contribution in [1.82, 2.24) is 0 Å². The second-order valence-corrected chi connectivity index (χ2v) is 5.41. The Kier molecular flexibility index (Phi) is 4.19. The van der Waals surface area contributed by atoms with E-state index < -0.39 is 0 Å². The minimum absolute atomic E-state index is 0.127. The summed E-state index contributed by atoms with van der Waals surface area (Å²) in [7, 11) is 4.81. The van der Waals surface area contributed by atoms with Gasteiger partial charge in [-0.2, -0.15) is 0 Å². The molecular weight excluding hydrogens is 296 g/mol. The highest BCUT2D eigenvalue weighted by Crippen LogP contribution is 2.42. The lowest BCUT2D eigenvalue weighted by atomic mass is 9.96. The van der Waals surface area contributed by atoms with Crippen LogP contribution in [0.2, 0.25) is 0 Å². The Bertz CT molecular complexity index is 689. The highest BCUT2D eigenvalue weighted by atomic mass is 16.5. The van der Waals surface area contributed by atoms with E-state index in [0.29, 0.717) is 11.5 Å². The topological polar surface area (TPSA) is 57.2 Å². The van der Waals surface area contributed by atoms with Gasteiger partial charge in [-0.1, -0.05) is 0 Å². The SMILES string of the molecule is COc1cc(OC)cc([C@@H]2CCc3c(O)cc(OC)cc3O2)c1. The van der Waals surface area contributed by atoms with Gasteiger partial charge in [0.25, 0.3) is 0 Å². The van der Waals surface area contributed by atoms with E-state index in [0.717, 1.165) is 35.5 Å². The average molecular weight is 316 g/mol. The Morgan fingerprint density at radius 1 is 0.913 bits per heavy atom. The summed E-state index contributed by atoms with van der Waals surface area (Å²) in [5.74, 6) is 2.88. The lowest BCUT2D eigenvalue weighted by Gasteiger charge is -2.27. The first kappa shape index (κ1) is 15.3. The zero-order valence-electron chi connectivity index (χ0n) is 13.5. The zero-order valence-corrected chi connectivity index (χ0v) is 13.5. The van der Waals surface area contributed by atoms with Gasteiger partial charge in [0, 0.05) is 23.8 Å². The van der Waals surface area contributed by atoms with Crippen molar-refractivity contribution in [2.24, 2.45) is 0 Å². The van der Waals surface area contributed by atoms with Gasteiger partial charge < -0.3 is 24.1 Å². The highest BCUT2D eigenvalue weighted by molar-refractivity contribution is 5.51. The molecule has 1 N–H and O–H groups in total. The van der Waals surface area contributed by atoms with Crippen LogP contribution in [0.3, 0.4) is 0 Å². The van der Waals surface area contributed by atoms with Crippen LogP contribution in [0.5, 0.6) is 28.7 Å². The zero-order chi connectivity index (χ0) is 16.4. The van der Waals surface area contributed by atoms with Gasteiger partial charge >= 0.3 is 0 Å². The molecule has 1 atom stereocenters. The van der Waals surface area contributed by atoms with Gasteiger partial charge in [-0.15, -0.1) is 0 Å². The Morgan fingerprint density at radius 3 is 2.13 bits per heavy atom. The van der Waals surface area contributed by atoms with E-state index in [1.165, 1.54) is 0 Å². The molecule has 122 valence electrons. The molecule has 0 fully saturated rings. The first-order chi connectivity index (χ1) is 11.1. The molecule has 1 heterocycles. The number of benzene rings is 2. The highest BCUT2D eigenvalue weighted by Gasteiger charge is 2.25. The molecule has 0 spiro atoms. The van der Waals surface area contributed by atoms with Gasteiger partial charge in [-0.25, -0.2) is 0 Å². The van der Waals surface area contributed by atoms with Gasteiger partial charge in [0.05, 0.1) is 21.3 Å². The number of hydrogen-bond donors (Lipinski definition) is 1. The van der Waals surface area contributed by atoms with E-state index in [-0.39, 0.29) is 11.9 Å². The quantitative estimate of drug-likeness (QED) is 0.936. The van der Waals surface area contributed by atoms with E-state index in [4.69, 9.17) is 18.9 Å². The summed E-state index contributed by atoms with van der Waals surface area (Å²) in [5, 5.41) is 10.1. The number of phenolic OH excluding ortho intramolecular Hbond substituents is 1. The third kappa shape index (κ3) is 2.99. The van der Waals surface area contributed by atoms with Gasteiger partial charge in [0.15, 0.2) is 0 Å². The van der Waals surface area contributed by atoms with Crippen molar-refractivity contribution in [2.45, 2.75) is 18.9 Å². The largest absolute Gasteiger partial charge is 0.507 e. The minimum Gasteiger partial charge on any atom is -0.507 e. The maximum Gasteiger partial charge on any atom is 0.130 e. The van der Waals surface area contributed by atoms with Crippen LogP contribution < -0.4 is 18.9 Å². The molecule has 3 rings (SSSR count). The molecule has 0 amide bonds. The van der Waals surface area contributed by atoms with Gasteiger partial charge in [0.1, 0.15) is 34.9 Å². The fourth-order valence-electron chi connectivity index (χ4n) is 2.82. The fourth-order valence-corrected chi connectivity index (χ4v) is 2.82. The summed E-state index contributed by atoms with van der Waals surface area (Å²) in [6.45, 7) is 0. The summed E-state index contributed by atoms with van der Waals surface area (Å²) in [6.07, 6.45) is 1.37. The van der Waals surface area contributed by atoms with Crippen LogP contribution in [0, 0.1) is 0 Å². The molecule has 0 aromatic heterocycles. The van der Waals surface area contributed by atoms with Crippen LogP contribution >= 0.6 is 0 Å². The van der Waals surface area contributed by atoms with Crippen molar-refractivity contribution in [3.05, 3.63) is 41.5 Å². The van der Waals surface area contributed by atoms with Crippen molar-refractivity contribution in [3.63, 3.8) is 0 Å². The lowest BCUT2D eigenvalue weighted by molar-refractivity contribution is 0.173. The predicted molar refractivity (Wildman–Crippen MR) is 85.9 cm³/mol. The molecule has 1 aliphatic rings. The van der Waals surface area contributed by atoms with Crippen molar-refractivity contribution in [1.29, 1.82) is 0 Å². The molecule has 23 heavy (non-hydrogen) atoms. The Labute approximate surface area is 135 Å². The molecule has 0 radical (unpaired) electrons. The average Bonchev–Trinajstić information content (AvgIpc) is 2.60. The summed E-state index contributed by atoms with van der Waals surface area (Å²) in [4.78, 5) is 0. The second kappa shape index (κ2) is 6.28. The third-order valence-corrected chi connectivity index (χ3v) is 4.07. The van der Waals surface area contributed by atoms with Crippen molar-refractivity contribution in [2.75, 3.05) is 21.3 Å². The van der Waals surface area contributed by atoms with Crippen LogP contribution in [0.25, 0.3) is 0 Å². The summed E-state index contributed by atoms with van der Waals surface area (Å²) >= 11 is 0. The van der Waals surface area contributed by atoms with Crippen LogP contribution in [0.4, 0.5) is 0 Å². The molecule has 0 saturated carbocycles. The second-order valence-electron chi connectivity index (χ2n) is 5.41. The molecule has 2 aromatic rings. The van der Waals surface area contributed by atoms with E-state index in [9.17, 15) is 5.11 Å². The number of methoxy groups -OCH3 is 3. The maximum absolute atomic E-state index is 10.1. The van der Waals surface area contributed by atoms with Crippen molar-refractivity contribution >= 4 is 0 Å². The molecular formula is C18H20O5. The molecule has 2 aromatic carbocycles. The Hall–Kier alpha value is -2.56. The summed E-state index contributed by atoms with van der Waals surface area (Å²) in [6, 6.07) is 9.13. The Morgan fingerprint density at radius 2 is 1.52 bits per heavy atom. The van der Waals surface area contributed by atoms with E-state index in [2.05, 4.69) is 0 Å². The van der Waals surface area contributed by atoms with E-state index in [1.54, 1.807) is 33.5 Å². The van der Waals surface area contributed by atoms with Crippen LogP contribution in [-0.4, -0.2) is 26.4 Å². The van der Waals surface area contributed by atoms with Crippen LogP contribution in [0.15, 0.2) is 30.3 Å². The van der Waals surface area contributed by atoms with Crippen LogP contribution in [-0.2, 0) is 6.42 Å². The van der Waals surface area contributed by atoms with Crippen LogP contribution in [0.1, 0.15) is 23.7 Å². The fraction of sp³-hybridized carbons (Fsp3) is 0.333. The van der Waals surface area contributed by atoms with E-state index >= 15 is 0 Å². The molecule has 5 heteroatoms. The first-order valence-corrected chi connectivity index (χ1v) is 7.44. The van der Waals surface area contributed by atoms with Crippen molar-refractivity contribution in [3.8, 4) is 28.7 Å². The number of fused-ring (bicyclic) bond motifs is 1. The molecule has 0 unspecified atom stereocenters. The molecule has 0 aliphatic carbocycles. The molecule has 1 aliphatic heterocycles. The normalized spacial score (nSPS) is 16.2. The molecule has 0 saturated heterocycles. The summed E-state index contributed by atoms with van der Waals surface area (Å²) in [5.41, 5.74) is 1.80. The first-order valence-electron chi connectivity index (χ1n) is 7.44. The van der Waals surface area contributed by atoms with E-state index in [1.807, 2.05) is 18.2 Å². The minimum atomic E-state index is -0.127. The number of phenols is 1. The van der Waals surface area contributed by atoms with Crippen molar-refractivity contribution < 1.29 is 24.1 Å². The number of aromatic hydroxyl groups is 1.